The minimum Gasteiger partial charge on any atom is -0.488 e. The Balaban J connectivity index is 1.15. The molecule has 5 rings (SSSR count). The molecule has 0 aliphatic carbocycles. The molecule has 0 N–H and O–H groups in total. The first-order valence-electron chi connectivity index (χ1n) is 12.9. The normalized spacial score (nSPS) is 22.8. The standard InChI is InChI=1S/C31H32O8/c1-19-16-26(38-28(32)22-6-10-24(11-7-22)36-20(2)30(4)17-34-30)14-15-27(19)39-29(33)23-8-12-25(13-9-23)37-21(3)31(5)18-35-31/h6-16,20-21H,17-18H2,1-5H3. The molecule has 3 aromatic carbocycles. The first-order valence-corrected chi connectivity index (χ1v) is 12.9. The fourth-order valence-electron chi connectivity index (χ4n) is 3.82. The van der Waals surface area contributed by atoms with Crippen molar-refractivity contribution in [1.29, 1.82) is 0 Å². The van der Waals surface area contributed by atoms with Crippen molar-refractivity contribution in [3.8, 4) is 23.0 Å². The van der Waals surface area contributed by atoms with Crippen LogP contribution < -0.4 is 18.9 Å². The Morgan fingerprint density at radius 3 is 1.51 bits per heavy atom. The lowest BCUT2D eigenvalue weighted by molar-refractivity contribution is 0.0718. The smallest absolute Gasteiger partial charge is 0.343 e. The number of epoxide rings is 2. The van der Waals surface area contributed by atoms with Gasteiger partial charge in [0, 0.05) is 0 Å². The monoisotopic (exact) mass is 532 g/mol. The molecule has 0 radical (unpaired) electrons. The number of aryl methyl sites for hydroxylation is 1. The summed E-state index contributed by atoms with van der Waals surface area (Å²) >= 11 is 0. The number of esters is 2. The molecule has 0 saturated carbocycles. The van der Waals surface area contributed by atoms with E-state index in [1.54, 1.807) is 73.7 Å². The van der Waals surface area contributed by atoms with Gasteiger partial charge in [-0.2, -0.15) is 0 Å². The van der Waals surface area contributed by atoms with Gasteiger partial charge in [-0.25, -0.2) is 9.59 Å². The van der Waals surface area contributed by atoms with Crippen LogP contribution in [0.2, 0.25) is 0 Å². The fraction of sp³-hybridized carbons (Fsp3) is 0.355. The quantitative estimate of drug-likeness (QED) is 0.191. The Kier molecular flexibility index (Phi) is 7.09. The lowest BCUT2D eigenvalue weighted by Gasteiger charge is -2.18. The highest BCUT2D eigenvalue weighted by atomic mass is 16.6. The van der Waals surface area contributed by atoms with Crippen LogP contribution in [0.5, 0.6) is 23.0 Å². The van der Waals surface area contributed by atoms with Crippen LogP contribution in [0.1, 0.15) is 54.0 Å². The second-order valence-corrected chi connectivity index (χ2v) is 10.5. The second-order valence-electron chi connectivity index (χ2n) is 10.5. The van der Waals surface area contributed by atoms with E-state index in [1.165, 1.54) is 0 Å². The van der Waals surface area contributed by atoms with Gasteiger partial charge in [0.2, 0.25) is 0 Å². The van der Waals surface area contributed by atoms with Crippen LogP contribution in [0.3, 0.4) is 0 Å². The molecule has 2 saturated heterocycles. The Hall–Kier alpha value is -3.88. The molecular weight excluding hydrogens is 500 g/mol. The number of rotatable bonds is 10. The van der Waals surface area contributed by atoms with E-state index in [1.807, 2.05) is 27.7 Å². The van der Waals surface area contributed by atoms with Gasteiger partial charge >= 0.3 is 11.9 Å². The molecule has 3 aromatic rings. The number of carbonyl (C=O) groups is 2. The Morgan fingerprint density at radius 1 is 0.692 bits per heavy atom. The molecule has 39 heavy (non-hydrogen) atoms. The van der Waals surface area contributed by atoms with Crippen LogP contribution in [0.15, 0.2) is 66.7 Å². The SMILES string of the molecule is Cc1cc(OC(=O)c2ccc(OC(C)C3(C)CO3)cc2)ccc1OC(=O)c1ccc(OC(C)C2(C)CO2)cc1. The molecule has 0 amide bonds. The second kappa shape index (κ2) is 10.4. The van der Waals surface area contributed by atoms with E-state index in [0.717, 1.165) is 0 Å². The fourth-order valence-corrected chi connectivity index (χ4v) is 3.82. The van der Waals surface area contributed by atoms with Gasteiger partial charge in [-0.3, -0.25) is 0 Å². The van der Waals surface area contributed by atoms with Crippen LogP contribution in [0.25, 0.3) is 0 Å². The van der Waals surface area contributed by atoms with Gasteiger partial charge in [0.1, 0.15) is 46.4 Å². The lowest BCUT2D eigenvalue weighted by Crippen LogP contribution is -2.29. The summed E-state index contributed by atoms with van der Waals surface area (Å²) in [5.41, 5.74) is 0.918. The van der Waals surface area contributed by atoms with E-state index in [9.17, 15) is 9.59 Å². The average Bonchev–Trinajstić information content (AvgIpc) is 3.85. The average molecular weight is 533 g/mol. The summed E-state index contributed by atoms with van der Waals surface area (Å²) in [5, 5.41) is 0. The zero-order chi connectivity index (χ0) is 27.8. The largest absolute Gasteiger partial charge is 0.488 e. The summed E-state index contributed by atoms with van der Waals surface area (Å²) in [6, 6.07) is 18.4. The minimum absolute atomic E-state index is 0.0979. The molecule has 204 valence electrons. The summed E-state index contributed by atoms with van der Waals surface area (Å²) in [7, 11) is 0. The highest BCUT2D eigenvalue weighted by molar-refractivity contribution is 5.92. The van der Waals surface area contributed by atoms with Gasteiger partial charge in [-0.15, -0.1) is 0 Å². The van der Waals surface area contributed by atoms with Crippen molar-refractivity contribution in [1.82, 2.24) is 0 Å². The molecule has 4 atom stereocenters. The molecule has 2 aliphatic rings. The molecule has 2 aliphatic heterocycles. The van der Waals surface area contributed by atoms with Crippen molar-refractivity contribution < 1.29 is 38.0 Å². The Morgan fingerprint density at radius 2 is 1.10 bits per heavy atom. The van der Waals surface area contributed by atoms with Crippen LogP contribution in [0, 0.1) is 6.92 Å². The molecule has 2 fully saturated rings. The van der Waals surface area contributed by atoms with Crippen molar-refractivity contribution in [2.75, 3.05) is 13.2 Å². The third-order valence-corrected chi connectivity index (χ3v) is 7.28. The molecule has 8 nitrogen and oxygen atoms in total. The van der Waals surface area contributed by atoms with E-state index >= 15 is 0 Å². The number of hydrogen-bond acceptors (Lipinski definition) is 8. The molecule has 0 bridgehead atoms. The predicted octanol–water partition coefficient (Wildman–Crippen LogP) is 5.55. The molecule has 4 unspecified atom stereocenters. The van der Waals surface area contributed by atoms with E-state index in [2.05, 4.69) is 0 Å². The van der Waals surface area contributed by atoms with Gasteiger partial charge in [0.05, 0.1) is 24.3 Å². The Bertz CT molecular complexity index is 1350. The van der Waals surface area contributed by atoms with Crippen LogP contribution in [-0.2, 0) is 9.47 Å². The number of carbonyl (C=O) groups excluding carboxylic acids is 2. The van der Waals surface area contributed by atoms with Crippen molar-refractivity contribution in [2.24, 2.45) is 0 Å². The van der Waals surface area contributed by atoms with Gasteiger partial charge in [-0.1, -0.05) is 0 Å². The van der Waals surface area contributed by atoms with Gasteiger partial charge in [0.25, 0.3) is 0 Å². The van der Waals surface area contributed by atoms with Crippen LogP contribution in [0.4, 0.5) is 0 Å². The number of benzene rings is 3. The zero-order valence-corrected chi connectivity index (χ0v) is 22.7. The summed E-state index contributed by atoms with van der Waals surface area (Å²) in [5.74, 6) is 1.01. The maximum atomic E-state index is 12.7. The topological polar surface area (TPSA) is 96.1 Å². The molecular formula is C31H32O8. The molecule has 8 heteroatoms. The predicted molar refractivity (Wildman–Crippen MR) is 143 cm³/mol. The Labute approximate surface area is 227 Å². The molecule has 0 spiro atoms. The summed E-state index contributed by atoms with van der Waals surface area (Å²) < 4.78 is 33.7. The summed E-state index contributed by atoms with van der Waals surface area (Å²) in [6.07, 6.45) is -0.196. The van der Waals surface area contributed by atoms with Crippen molar-refractivity contribution >= 4 is 11.9 Å². The summed E-state index contributed by atoms with van der Waals surface area (Å²) in [6.45, 7) is 11.0. The van der Waals surface area contributed by atoms with Crippen LogP contribution >= 0.6 is 0 Å². The van der Waals surface area contributed by atoms with Gasteiger partial charge < -0.3 is 28.4 Å². The highest BCUT2D eigenvalue weighted by Crippen LogP contribution is 2.34. The summed E-state index contributed by atoms with van der Waals surface area (Å²) in [4.78, 5) is 25.3. The van der Waals surface area contributed by atoms with Crippen molar-refractivity contribution in [3.63, 3.8) is 0 Å². The van der Waals surface area contributed by atoms with Crippen LogP contribution in [-0.4, -0.2) is 48.6 Å². The first-order chi connectivity index (χ1) is 18.5. The number of hydrogen-bond donors (Lipinski definition) is 0. The third-order valence-electron chi connectivity index (χ3n) is 7.28. The van der Waals surface area contributed by atoms with E-state index in [4.69, 9.17) is 28.4 Å². The van der Waals surface area contributed by atoms with Gasteiger partial charge in [0.15, 0.2) is 0 Å². The maximum Gasteiger partial charge on any atom is 0.343 e. The van der Waals surface area contributed by atoms with E-state index < -0.39 is 11.9 Å². The van der Waals surface area contributed by atoms with E-state index in [-0.39, 0.29) is 23.4 Å². The van der Waals surface area contributed by atoms with Crippen molar-refractivity contribution in [2.45, 2.75) is 58.0 Å². The first kappa shape index (κ1) is 26.7. The number of ether oxygens (including phenoxy) is 6. The highest BCUT2D eigenvalue weighted by Gasteiger charge is 2.47. The zero-order valence-electron chi connectivity index (χ0n) is 22.7. The van der Waals surface area contributed by atoms with Gasteiger partial charge in [-0.05, 0) is 107 Å². The lowest BCUT2D eigenvalue weighted by atomic mass is 10.1. The molecule has 0 aromatic heterocycles. The molecule has 2 heterocycles. The maximum absolute atomic E-state index is 12.7. The minimum atomic E-state index is -0.505. The third kappa shape index (κ3) is 6.24. The van der Waals surface area contributed by atoms with E-state index in [0.29, 0.717) is 52.9 Å². The van der Waals surface area contributed by atoms with Crippen molar-refractivity contribution in [3.05, 3.63) is 83.4 Å².